The van der Waals surface area contributed by atoms with Crippen LogP contribution < -0.4 is 0 Å². The molecule has 0 rings (SSSR count). The Labute approximate surface area is 97.9 Å². The van der Waals surface area contributed by atoms with Crippen LogP contribution in [-0.4, -0.2) is 23.6 Å². The SMILES string of the molecule is CCCCOC(OCCCC)[C](=O)[Ti]. The van der Waals surface area contributed by atoms with Crippen molar-refractivity contribution in [2.75, 3.05) is 13.2 Å². The van der Waals surface area contributed by atoms with Gasteiger partial charge in [-0.15, -0.1) is 0 Å². The number of hydrogen-bond donors (Lipinski definition) is 0. The summed E-state index contributed by atoms with van der Waals surface area (Å²) in [6.45, 7) is 5.38. The number of rotatable bonds is 9. The molecule has 0 saturated carbocycles. The maximum atomic E-state index is 11.1. The third kappa shape index (κ3) is 7.68. The van der Waals surface area contributed by atoms with Gasteiger partial charge < -0.3 is 0 Å². The van der Waals surface area contributed by atoms with Crippen LogP contribution in [0.4, 0.5) is 0 Å². The normalized spacial score (nSPS) is 10.7. The maximum absolute atomic E-state index is 11.1. The van der Waals surface area contributed by atoms with Crippen LogP contribution in [0.3, 0.4) is 0 Å². The summed E-state index contributed by atoms with van der Waals surface area (Å²) < 4.78 is 10.6. The number of ether oxygens (including phenoxy) is 2. The zero-order valence-electron chi connectivity index (χ0n) is 9.04. The molecule has 0 fully saturated rings. The molecule has 4 heteroatoms. The molecule has 0 heterocycles. The van der Waals surface area contributed by atoms with Crippen molar-refractivity contribution in [3.05, 3.63) is 0 Å². The second-order valence-corrected chi connectivity index (χ2v) is 3.91. The predicted octanol–water partition coefficient (Wildman–Crippen LogP) is 2.02. The summed E-state index contributed by atoms with van der Waals surface area (Å²) in [5.41, 5.74) is 0. The van der Waals surface area contributed by atoms with E-state index < -0.39 is 6.29 Å². The van der Waals surface area contributed by atoms with Crippen LogP contribution in [0.2, 0.25) is 0 Å². The van der Waals surface area contributed by atoms with Gasteiger partial charge in [-0.1, -0.05) is 0 Å². The van der Waals surface area contributed by atoms with Crippen molar-refractivity contribution in [1.82, 2.24) is 0 Å². The average molecular weight is 235 g/mol. The zero-order chi connectivity index (χ0) is 10.8. The fraction of sp³-hybridized carbons (Fsp3) is 0.900. The van der Waals surface area contributed by atoms with E-state index >= 15 is 0 Å². The Morgan fingerprint density at radius 2 is 1.57 bits per heavy atom. The Hall–Kier alpha value is 0.304. The van der Waals surface area contributed by atoms with E-state index in [1.165, 1.54) is 20.4 Å². The van der Waals surface area contributed by atoms with Crippen LogP contribution in [0.5, 0.6) is 0 Å². The summed E-state index contributed by atoms with van der Waals surface area (Å²) in [5, 5.41) is 0. The van der Waals surface area contributed by atoms with Gasteiger partial charge in [-0.2, -0.15) is 0 Å². The number of carbonyl (C=O) groups excluding carboxylic acids is 1. The first kappa shape index (κ1) is 14.3. The first-order valence-corrected chi connectivity index (χ1v) is 5.99. The van der Waals surface area contributed by atoms with Gasteiger partial charge in [-0.25, -0.2) is 0 Å². The van der Waals surface area contributed by atoms with Gasteiger partial charge in [0.05, 0.1) is 0 Å². The fourth-order valence-corrected chi connectivity index (χ4v) is 1.13. The van der Waals surface area contributed by atoms with Crippen LogP contribution in [0.1, 0.15) is 39.5 Å². The van der Waals surface area contributed by atoms with Crippen LogP contribution in [0.25, 0.3) is 0 Å². The molecule has 0 aliphatic heterocycles. The molecule has 0 amide bonds. The molecule has 0 saturated heterocycles. The summed E-state index contributed by atoms with van der Waals surface area (Å²) in [5.74, 6) is 0. The quantitative estimate of drug-likeness (QED) is 0.348. The van der Waals surface area contributed by atoms with E-state index in [4.69, 9.17) is 9.47 Å². The summed E-state index contributed by atoms with van der Waals surface area (Å²) in [4.78, 5) is 11.1. The van der Waals surface area contributed by atoms with Gasteiger partial charge in [-0.3, -0.25) is 0 Å². The molecule has 0 aromatic heterocycles. The fourth-order valence-electron chi connectivity index (χ4n) is 0.869. The molecule has 3 nitrogen and oxygen atoms in total. The van der Waals surface area contributed by atoms with Crippen molar-refractivity contribution in [1.29, 1.82) is 0 Å². The standard InChI is InChI=1S/C10H19O3.Ti/c1-3-5-7-12-10(9-11)13-8-6-4-2;/h10H,3-8H2,1-2H3;. The van der Waals surface area contributed by atoms with Gasteiger partial charge in [0.15, 0.2) is 0 Å². The van der Waals surface area contributed by atoms with E-state index in [0.717, 1.165) is 25.7 Å². The van der Waals surface area contributed by atoms with Crippen molar-refractivity contribution < 1.29 is 34.7 Å². The minimum absolute atomic E-state index is 0.0443. The van der Waals surface area contributed by atoms with Gasteiger partial charge in [0.2, 0.25) is 0 Å². The van der Waals surface area contributed by atoms with Crippen molar-refractivity contribution in [3.63, 3.8) is 0 Å². The molecule has 0 aliphatic rings. The molecule has 81 valence electrons. The van der Waals surface area contributed by atoms with E-state index in [9.17, 15) is 4.79 Å². The van der Waals surface area contributed by atoms with Gasteiger partial charge in [-0.05, 0) is 0 Å². The average Bonchev–Trinajstić information content (AvgIpc) is 2.15. The van der Waals surface area contributed by atoms with Crippen molar-refractivity contribution in [3.8, 4) is 0 Å². The Morgan fingerprint density at radius 1 is 1.14 bits per heavy atom. The zero-order valence-corrected chi connectivity index (χ0v) is 10.6. The molecule has 0 unspecified atom stereocenters. The Morgan fingerprint density at radius 3 is 1.86 bits per heavy atom. The molecule has 0 bridgehead atoms. The minimum atomic E-state index is -0.645. The molecule has 0 radical (unpaired) electrons. The van der Waals surface area contributed by atoms with E-state index in [1.807, 2.05) is 0 Å². The number of hydrogen-bond acceptors (Lipinski definition) is 3. The Bertz CT molecular complexity index is 140. The van der Waals surface area contributed by atoms with E-state index in [0.29, 0.717) is 13.2 Å². The topological polar surface area (TPSA) is 35.5 Å². The summed E-state index contributed by atoms with van der Waals surface area (Å²) in [6.07, 6.45) is 3.44. The van der Waals surface area contributed by atoms with Gasteiger partial charge >= 0.3 is 97.8 Å². The summed E-state index contributed by atoms with van der Waals surface area (Å²) in [7, 11) is 0. The summed E-state index contributed by atoms with van der Waals surface area (Å²) in [6, 6.07) is 0. The van der Waals surface area contributed by atoms with Crippen LogP contribution >= 0.6 is 0 Å². The third-order valence-corrected chi connectivity index (χ3v) is 2.12. The predicted molar refractivity (Wildman–Crippen MR) is 50.5 cm³/mol. The van der Waals surface area contributed by atoms with Crippen molar-refractivity contribution in [2.45, 2.75) is 45.8 Å². The van der Waals surface area contributed by atoms with Gasteiger partial charge in [0, 0.05) is 0 Å². The van der Waals surface area contributed by atoms with E-state index in [-0.39, 0.29) is 4.09 Å². The molecule has 0 atom stereocenters. The van der Waals surface area contributed by atoms with Crippen LogP contribution in [-0.2, 0) is 34.7 Å². The van der Waals surface area contributed by atoms with Crippen molar-refractivity contribution >= 4 is 4.09 Å². The monoisotopic (exact) mass is 235 g/mol. The molecular weight excluding hydrogens is 216 g/mol. The molecule has 0 spiro atoms. The van der Waals surface area contributed by atoms with Gasteiger partial charge in [0.25, 0.3) is 0 Å². The van der Waals surface area contributed by atoms with E-state index in [1.54, 1.807) is 0 Å². The van der Waals surface area contributed by atoms with Crippen LogP contribution in [0, 0.1) is 0 Å². The first-order chi connectivity index (χ1) is 6.72. The number of unbranched alkanes of at least 4 members (excludes halogenated alkanes) is 2. The molecule has 0 aromatic rings. The van der Waals surface area contributed by atoms with Gasteiger partial charge in [0.1, 0.15) is 0 Å². The molecule has 0 N–H and O–H groups in total. The third-order valence-electron chi connectivity index (χ3n) is 1.75. The second kappa shape index (κ2) is 9.84. The second-order valence-electron chi connectivity index (χ2n) is 3.14. The molecule has 14 heavy (non-hydrogen) atoms. The Balaban J connectivity index is 3.61. The van der Waals surface area contributed by atoms with Crippen molar-refractivity contribution in [2.24, 2.45) is 0 Å². The number of carbonyl (C=O) groups is 1. The molecule has 0 aliphatic carbocycles. The molecular formula is C10H19O3Ti. The Kier molecular flexibility index (Phi) is 10.1. The summed E-state index contributed by atoms with van der Waals surface area (Å²) >= 11 is 1.50. The van der Waals surface area contributed by atoms with E-state index in [2.05, 4.69) is 13.8 Å². The first-order valence-electron chi connectivity index (χ1n) is 5.21. The molecule has 0 aromatic carbocycles. The van der Waals surface area contributed by atoms with Crippen LogP contribution in [0.15, 0.2) is 0 Å².